The van der Waals surface area contributed by atoms with Crippen LogP contribution in [-0.2, 0) is 23.5 Å². The first-order chi connectivity index (χ1) is 9.40. The van der Waals surface area contributed by atoms with E-state index in [0.29, 0.717) is 12.0 Å². The molecule has 1 aromatic carbocycles. The van der Waals surface area contributed by atoms with Crippen molar-refractivity contribution in [3.63, 3.8) is 0 Å². The van der Waals surface area contributed by atoms with E-state index < -0.39 is 10.0 Å². The SMILES string of the molecule is Cn1cnc(N)c1S(=O)(=O)NCCc1cccc(F)c1. The maximum atomic E-state index is 13.0. The molecule has 0 radical (unpaired) electrons. The molecule has 3 N–H and O–H groups in total. The van der Waals surface area contributed by atoms with E-state index >= 15 is 0 Å². The van der Waals surface area contributed by atoms with Gasteiger partial charge < -0.3 is 10.3 Å². The van der Waals surface area contributed by atoms with Crippen molar-refractivity contribution in [2.24, 2.45) is 7.05 Å². The molecular weight excluding hydrogens is 283 g/mol. The van der Waals surface area contributed by atoms with Crippen molar-refractivity contribution in [3.8, 4) is 0 Å². The third kappa shape index (κ3) is 3.14. The number of benzene rings is 1. The van der Waals surface area contributed by atoms with Crippen molar-refractivity contribution >= 4 is 15.8 Å². The number of hydrogen-bond acceptors (Lipinski definition) is 4. The largest absolute Gasteiger partial charge is 0.381 e. The summed E-state index contributed by atoms with van der Waals surface area (Å²) in [6.45, 7) is 0.149. The smallest absolute Gasteiger partial charge is 0.260 e. The fourth-order valence-corrected chi connectivity index (χ4v) is 3.12. The molecular formula is C12H15FN4O2S. The molecule has 0 fully saturated rings. The molecule has 0 bridgehead atoms. The Hall–Kier alpha value is -1.93. The Morgan fingerprint density at radius 1 is 1.45 bits per heavy atom. The summed E-state index contributed by atoms with van der Waals surface area (Å²) in [5.41, 5.74) is 6.24. The summed E-state index contributed by atoms with van der Waals surface area (Å²) in [6, 6.07) is 6.02. The zero-order chi connectivity index (χ0) is 14.8. The Labute approximate surface area is 116 Å². The highest BCUT2D eigenvalue weighted by atomic mass is 32.2. The number of imidazole rings is 1. The number of nitrogens with zero attached hydrogens (tertiary/aromatic N) is 2. The van der Waals surface area contributed by atoms with E-state index in [2.05, 4.69) is 9.71 Å². The van der Waals surface area contributed by atoms with Crippen molar-refractivity contribution in [2.45, 2.75) is 11.4 Å². The Kier molecular flexibility index (Phi) is 4.05. The van der Waals surface area contributed by atoms with Gasteiger partial charge in [0.25, 0.3) is 10.0 Å². The molecule has 0 aliphatic rings. The van der Waals surface area contributed by atoms with Gasteiger partial charge >= 0.3 is 0 Å². The lowest BCUT2D eigenvalue weighted by Crippen LogP contribution is -2.28. The van der Waals surface area contributed by atoms with Gasteiger partial charge in [0.15, 0.2) is 10.8 Å². The van der Waals surface area contributed by atoms with E-state index in [0.717, 1.165) is 0 Å². The number of aryl methyl sites for hydroxylation is 1. The Balaban J connectivity index is 2.04. The minimum atomic E-state index is -3.73. The number of halogens is 1. The van der Waals surface area contributed by atoms with Gasteiger partial charge in [-0.3, -0.25) is 0 Å². The van der Waals surface area contributed by atoms with Crippen LogP contribution in [0.15, 0.2) is 35.6 Å². The monoisotopic (exact) mass is 298 g/mol. The predicted octanol–water partition coefficient (Wildman–Crippen LogP) is 0.662. The molecule has 2 aromatic rings. The van der Waals surface area contributed by atoms with E-state index in [1.54, 1.807) is 19.2 Å². The zero-order valence-electron chi connectivity index (χ0n) is 10.9. The number of rotatable bonds is 5. The van der Waals surface area contributed by atoms with Crippen LogP contribution in [0.1, 0.15) is 5.56 Å². The quantitative estimate of drug-likeness (QED) is 0.848. The van der Waals surface area contributed by atoms with Crippen molar-refractivity contribution in [1.82, 2.24) is 14.3 Å². The molecule has 0 aliphatic carbocycles. The van der Waals surface area contributed by atoms with E-state index in [9.17, 15) is 12.8 Å². The van der Waals surface area contributed by atoms with Gasteiger partial charge in [-0.05, 0) is 24.1 Å². The van der Waals surface area contributed by atoms with Crippen LogP contribution in [0.25, 0.3) is 0 Å². The van der Waals surface area contributed by atoms with E-state index in [1.807, 2.05) is 0 Å². The molecule has 1 heterocycles. The minimum Gasteiger partial charge on any atom is -0.381 e. The normalized spacial score (nSPS) is 11.7. The number of nitrogen functional groups attached to an aromatic ring is 1. The van der Waals surface area contributed by atoms with E-state index in [-0.39, 0.29) is 23.2 Å². The van der Waals surface area contributed by atoms with Crippen molar-refractivity contribution in [3.05, 3.63) is 42.0 Å². The molecule has 0 saturated heterocycles. The zero-order valence-corrected chi connectivity index (χ0v) is 11.7. The van der Waals surface area contributed by atoms with Gasteiger partial charge in [-0.15, -0.1) is 0 Å². The topological polar surface area (TPSA) is 90.0 Å². The first-order valence-corrected chi connectivity index (χ1v) is 7.39. The van der Waals surface area contributed by atoms with Crippen LogP contribution in [0.5, 0.6) is 0 Å². The Morgan fingerprint density at radius 2 is 2.20 bits per heavy atom. The minimum absolute atomic E-state index is 0.0502. The maximum Gasteiger partial charge on any atom is 0.260 e. The molecule has 2 rings (SSSR count). The van der Waals surface area contributed by atoms with Gasteiger partial charge in [0.05, 0.1) is 6.33 Å². The lowest BCUT2D eigenvalue weighted by molar-refractivity contribution is 0.572. The molecule has 8 heteroatoms. The van der Waals surface area contributed by atoms with Crippen molar-refractivity contribution in [2.75, 3.05) is 12.3 Å². The average Bonchev–Trinajstić information content (AvgIpc) is 2.69. The van der Waals surface area contributed by atoms with Crippen LogP contribution in [0.2, 0.25) is 0 Å². The molecule has 0 amide bonds. The lowest BCUT2D eigenvalue weighted by atomic mass is 10.1. The molecule has 0 atom stereocenters. The van der Waals surface area contributed by atoms with Crippen LogP contribution in [0.4, 0.5) is 10.2 Å². The molecule has 0 unspecified atom stereocenters. The third-order valence-electron chi connectivity index (χ3n) is 2.76. The summed E-state index contributed by atoms with van der Waals surface area (Å²) in [7, 11) is -2.18. The Morgan fingerprint density at radius 3 is 2.80 bits per heavy atom. The average molecular weight is 298 g/mol. The van der Waals surface area contributed by atoms with Crippen molar-refractivity contribution < 1.29 is 12.8 Å². The second-order valence-corrected chi connectivity index (χ2v) is 6.01. The second kappa shape index (κ2) is 5.59. The summed E-state index contributed by atoms with van der Waals surface area (Å²) < 4.78 is 40.9. The highest BCUT2D eigenvalue weighted by molar-refractivity contribution is 7.89. The molecule has 0 saturated carbocycles. The number of nitrogens with two attached hydrogens (primary N) is 1. The fraction of sp³-hybridized carbons (Fsp3) is 0.250. The van der Waals surface area contributed by atoms with Gasteiger partial charge in [0, 0.05) is 13.6 Å². The van der Waals surface area contributed by atoms with Gasteiger partial charge in [-0.25, -0.2) is 22.5 Å². The van der Waals surface area contributed by atoms with E-state index in [4.69, 9.17) is 5.73 Å². The van der Waals surface area contributed by atoms with Crippen LogP contribution >= 0.6 is 0 Å². The first kappa shape index (κ1) is 14.5. The van der Waals surface area contributed by atoms with Gasteiger partial charge in [0.2, 0.25) is 0 Å². The highest BCUT2D eigenvalue weighted by Crippen LogP contribution is 2.14. The number of aromatic nitrogens is 2. The summed E-state index contributed by atoms with van der Waals surface area (Å²) in [5.74, 6) is -0.396. The van der Waals surface area contributed by atoms with E-state index in [1.165, 1.54) is 23.0 Å². The van der Waals surface area contributed by atoms with Crippen LogP contribution in [0.3, 0.4) is 0 Å². The maximum absolute atomic E-state index is 13.0. The summed E-state index contributed by atoms with van der Waals surface area (Å²) in [4.78, 5) is 3.73. The molecule has 6 nitrogen and oxygen atoms in total. The molecule has 0 spiro atoms. The molecule has 20 heavy (non-hydrogen) atoms. The van der Waals surface area contributed by atoms with Crippen LogP contribution < -0.4 is 10.5 Å². The number of nitrogens with one attached hydrogen (secondary N) is 1. The van der Waals surface area contributed by atoms with Crippen molar-refractivity contribution in [1.29, 1.82) is 0 Å². The van der Waals surface area contributed by atoms with Crippen LogP contribution in [-0.4, -0.2) is 24.5 Å². The second-order valence-electron chi connectivity index (χ2n) is 4.32. The summed E-state index contributed by atoms with van der Waals surface area (Å²) >= 11 is 0. The summed E-state index contributed by atoms with van der Waals surface area (Å²) in [5, 5.41) is -0.0725. The van der Waals surface area contributed by atoms with Gasteiger partial charge in [0.1, 0.15) is 5.82 Å². The number of hydrogen-bond donors (Lipinski definition) is 2. The molecule has 1 aromatic heterocycles. The number of anilines is 1. The van der Waals surface area contributed by atoms with Gasteiger partial charge in [-0.2, -0.15) is 0 Å². The van der Waals surface area contributed by atoms with Crippen LogP contribution in [0, 0.1) is 5.82 Å². The first-order valence-electron chi connectivity index (χ1n) is 5.91. The Bertz CT molecular complexity index is 692. The summed E-state index contributed by atoms with van der Waals surface area (Å²) in [6.07, 6.45) is 1.71. The lowest BCUT2D eigenvalue weighted by Gasteiger charge is -2.08. The van der Waals surface area contributed by atoms with Gasteiger partial charge in [-0.1, -0.05) is 12.1 Å². The predicted molar refractivity (Wildman–Crippen MR) is 72.9 cm³/mol. The standard InChI is InChI=1S/C12H15FN4O2S/c1-17-8-15-11(14)12(17)20(18,19)16-6-5-9-3-2-4-10(13)7-9/h2-4,7-8,16H,5-6,14H2,1H3. The fourth-order valence-electron chi connectivity index (χ4n) is 1.85. The highest BCUT2D eigenvalue weighted by Gasteiger charge is 2.21. The number of sulfonamides is 1. The molecule has 0 aliphatic heterocycles. The third-order valence-corrected chi connectivity index (χ3v) is 4.35. The molecule has 108 valence electrons.